The molecule has 0 saturated carbocycles. The summed E-state index contributed by atoms with van der Waals surface area (Å²) in [6, 6.07) is 6.37. The number of hydrogen-bond donors (Lipinski definition) is 1. The molecular weight excluding hydrogens is 258 g/mol. The molecular formula is C14H15N3O3. The lowest BCUT2D eigenvalue weighted by atomic mass is 10.0. The third kappa shape index (κ3) is 2.63. The highest BCUT2D eigenvalue weighted by Crippen LogP contribution is 2.21. The molecule has 6 nitrogen and oxygen atoms in total. The summed E-state index contributed by atoms with van der Waals surface area (Å²) in [6.07, 6.45) is 0.661. The van der Waals surface area contributed by atoms with E-state index in [2.05, 4.69) is 0 Å². The Morgan fingerprint density at radius 1 is 1.50 bits per heavy atom. The van der Waals surface area contributed by atoms with Crippen LogP contribution in [-0.2, 0) is 16.1 Å². The standard InChI is InChI=1S/C14H15N3O3/c1-20-12-4-2-9(6-10(12)7-15)8-17-13(18)5-3-11(16)14(17)19/h2,4,6,11H,3,5,8,16H2,1H3. The second-order valence-corrected chi connectivity index (χ2v) is 4.61. The summed E-state index contributed by atoms with van der Waals surface area (Å²) in [7, 11) is 1.48. The van der Waals surface area contributed by atoms with E-state index in [4.69, 9.17) is 15.7 Å². The lowest BCUT2D eigenvalue weighted by Crippen LogP contribution is -2.50. The largest absolute Gasteiger partial charge is 0.495 e. The van der Waals surface area contributed by atoms with E-state index >= 15 is 0 Å². The van der Waals surface area contributed by atoms with E-state index in [0.29, 0.717) is 23.3 Å². The number of amides is 2. The van der Waals surface area contributed by atoms with Gasteiger partial charge in [0, 0.05) is 6.42 Å². The van der Waals surface area contributed by atoms with Crippen LogP contribution in [0.1, 0.15) is 24.0 Å². The van der Waals surface area contributed by atoms with E-state index in [1.54, 1.807) is 18.2 Å². The number of benzene rings is 1. The van der Waals surface area contributed by atoms with Crippen molar-refractivity contribution in [2.45, 2.75) is 25.4 Å². The number of piperidine rings is 1. The van der Waals surface area contributed by atoms with E-state index < -0.39 is 6.04 Å². The van der Waals surface area contributed by atoms with Crippen LogP contribution in [0.15, 0.2) is 18.2 Å². The van der Waals surface area contributed by atoms with E-state index in [-0.39, 0.29) is 24.8 Å². The van der Waals surface area contributed by atoms with E-state index in [9.17, 15) is 9.59 Å². The third-order valence-corrected chi connectivity index (χ3v) is 3.28. The highest BCUT2D eigenvalue weighted by Gasteiger charge is 2.31. The van der Waals surface area contributed by atoms with Crippen LogP contribution < -0.4 is 10.5 Å². The molecule has 1 saturated heterocycles. The van der Waals surface area contributed by atoms with Crippen LogP contribution in [-0.4, -0.2) is 29.9 Å². The maximum atomic E-state index is 11.9. The number of imide groups is 1. The van der Waals surface area contributed by atoms with Gasteiger partial charge in [-0.25, -0.2) is 0 Å². The van der Waals surface area contributed by atoms with Gasteiger partial charge < -0.3 is 10.5 Å². The van der Waals surface area contributed by atoms with Crippen LogP contribution >= 0.6 is 0 Å². The van der Waals surface area contributed by atoms with Gasteiger partial charge in [0.1, 0.15) is 11.8 Å². The number of carbonyl (C=O) groups excluding carboxylic acids is 2. The Morgan fingerprint density at radius 2 is 2.25 bits per heavy atom. The zero-order chi connectivity index (χ0) is 14.7. The molecule has 2 rings (SSSR count). The Morgan fingerprint density at radius 3 is 2.90 bits per heavy atom. The van der Waals surface area contributed by atoms with Crippen molar-refractivity contribution in [2.24, 2.45) is 5.73 Å². The molecule has 1 aromatic carbocycles. The summed E-state index contributed by atoms with van der Waals surface area (Å²) in [4.78, 5) is 24.9. The first-order valence-corrected chi connectivity index (χ1v) is 6.23. The Kier molecular flexibility index (Phi) is 4.01. The second-order valence-electron chi connectivity index (χ2n) is 4.61. The van der Waals surface area contributed by atoms with Gasteiger partial charge in [-0.1, -0.05) is 6.07 Å². The summed E-state index contributed by atoms with van der Waals surface area (Å²) in [5.74, 6) is -0.133. The van der Waals surface area contributed by atoms with Crippen molar-refractivity contribution >= 4 is 11.8 Å². The smallest absolute Gasteiger partial charge is 0.246 e. The summed E-state index contributed by atoms with van der Waals surface area (Å²) >= 11 is 0. The molecule has 2 N–H and O–H groups in total. The fourth-order valence-corrected chi connectivity index (χ4v) is 2.15. The fourth-order valence-electron chi connectivity index (χ4n) is 2.15. The van der Waals surface area contributed by atoms with E-state index in [1.807, 2.05) is 6.07 Å². The zero-order valence-corrected chi connectivity index (χ0v) is 11.1. The molecule has 0 aromatic heterocycles. The number of hydrogen-bond acceptors (Lipinski definition) is 5. The van der Waals surface area contributed by atoms with Gasteiger partial charge in [0.25, 0.3) is 0 Å². The van der Waals surface area contributed by atoms with Crippen LogP contribution in [0, 0.1) is 11.3 Å². The number of methoxy groups -OCH3 is 1. The van der Waals surface area contributed by atoms with Crippen molar-refractivity contribution in [3.63, 3.8) is 0 Å². The number of nitrogens with zero attached hydrogens (tertiary/aromatic N) is 2. The van der Waals surface area contributed by atoms with Crippen molar-refractivity contribution in [1.29, 1.82) is 5.26 Å². The molecule has 1 atom stereocenters. The lowest BCUT2D eigenvalue weighted by Gasteiger charge is -2.28. The van der Waals surface area contributed by atoms with Crippen molar-refractivity contribution in [3.05, 3.63) is 29.3 Å². The Labute approximate surface area is 116 Å². The van der Waals surface area contributed by atoms with Crippen molar-refractivity contribution < 1.29 is 14.3 Å². The number of rotatable bonds is 3. The maximum absolute atomic E-state index is 11.9. The molecule has 1 fully saturated rings. The maximum Gasteiger partial charge on any atom is 0.246 e. The lowest BCUT2D eigenvalue weighted by molar-refractivity contribution is -0.149. The van der Waals surface area contributed by atoms with Gasteiger partial charge in [0.15, 0.2) is 0 Å². The molecule has 6 heteroatoms. The Bertz CT molecular complexity index is 592. The number of nitrogens with two attached hydrogens (primary N) is 1. The van der Waals surface area contributed by atoms with E-state index in [1.165, 1.54) is 7.11 Å². The molecule has 0 bridgehead atoms. The van der Waals surface area contributed by atoms with Crippen LogP contribution in [0.3, 0.4) is 0 Å². The number of carbonyl (C=O) groups is 2. The van der Waals surface area contributed by atoms with Crippen LogP contribution in [0.4, 0.5) is 0 Å². The minimum absolute atomic E-state index is 0.129. The summed E-state index contributed by atoms with van der Waals surface area (Å²) in [6.45, 7) is 0.129. The van der Waals surface area contributed by atoms with Crippen molar-refractivity contribution in [2.75, 3.05) is 7.11 Å². The molecule has 1 aliphatic rings. The van der Waals surface area contributed by atoms with Gasteiger partial charge in [-0.15, -0.1) is 0 Å². The normalized spacial score (nSPS) is 18.9. The molecule has 1 unspecified atom stereocenters. The minimum Gasteiger partial charge on any atom is -0.495 e. The fraction of sp³-hybridized carbons (Fsp3) is 0.357. The topological polar surface area (TPSA) is 96.4 Å². The Hall–Kier alpha value is -2.39. The first-order valence-electron chi connectivity index (χ1n) is 6.23. The second kappa shape index (κ2) is 5.72. The minimum atomic E-state index is -0.624. The molecule has 1 heterocycles. The molecule has 2 amide bonds. The van der Waals surface area contributed by atoms with Crippen LogP contribution in [0.2, 0.25) is 0 Å². The number of likely N-dealkylation sites (tertiary alicyclic amines) is 1. The van der Waals surface area contributed by atoms with Gasteiger partial charge in [-0.05, 0) is 24.1 Å². The summed E-state index contributed by atoms with van der Waals surface area (Å²) in [5.41, 5.74) is 6.73. The summed E-state index contributed by atoms with van der Waals surface area (Å²) < 4.78 is 5.05. The molecule has 104 valence electrons. The quantitative estimate of drug-likeness (QED) is 0.811. The highest BCUT2D eigenvalue weighted by atomic mass is 16.5. The molecule has 1 aromatic rings. The predicted octanol–water partition coefficient (Wildman–Crippen LogP) is 0.543. The average molecular weight is 273 g/mol. The van der Waals surface area contributed by atoms with Crippen LogP contribution in [0.5, 0.6) is 5.75 Å². The van der Waals surface area contributed by atoms with E-state index in [0.717, 1.165) is 4.90 Å². The molecule has 0 spiro atoms. The Balaban J connectivity index is 2.23. The van der Waals surface area contributed by atoms with Gasteiger partial charge in [-0.3, -0.25) is 14.5 Å². The molecule has 0 aliphatic carbocycles. The first kappa shape index (κ1) is 14.0. The average Bonchev–Trinajstić information content (AvgIpc) is 2.47. The molecule has 20 heavy (non-hydrogen) atoms. The van der Waals surface area contributed by atoms with Gasteiger partial charge in [0.2, 0.25) is 11.8 Å². The first-order chi connectivity index (χ1) is 9.56. The molecule has 1 aliphatic heterocycles. The van der Waals surface area contributed by atoms with Gasteiger partial charge >= 0.3 is 0 Å². The SMILES string of the molecule is COc1ccc(CN2C(=O)CCC(N)C2=O)cc1C#N. The predicted molar refractivity (Wildman–Crippen MR) is 70.5 cm³/mol. The van der Waals surface area contributed by atoms with Gasteiger partial charge in [0.05, 0.1) is 25.3 Å². The zero-order valence-electron chi connectivity index (χ0n) is 11.1. The number of nitriles is 1. The molecule has 0 radical (unpaired) electrons. The monoisotopic (exact) mass is 273 g/mol. The van der Waals surface area contributed by atoms with Gasteiger partial charge in [-0.2, -0.15) is 5.26 Å². The third-order valence-electron chi connectivity index (χ3n) is 3.28. The van der Waals surface area contributed by atoms with Crippen molar-refractivity contribution in [1.82, 2.24) is 4.90 Å². The highest BCUT2D eigenvalue weighted by molar-refractivity contribution is 6.00. The van der Waals surface area contributed by atoms with Crippen LogP contribution in [0.25, 0.3) is 0 Å². The number of ether oxygens (including phenoxy) is 1. The summed E-state index contributed by atoms with van der Waals surface area (Å²) in [5, 5.41) is 9.03. The van der Waals surface area contributed by atoms with Crippen molar-refractivity contribution in [3.8, 4) is 11.8 Å².